The third-order valence-corrected chi connectivity index (χ3v) is 2.90. The molecule has 0 aromatic heterocycles. The second kappa shape index (κ2) is 5.05. The minimum absolute atomic E-state index is 0.104. The molecule has 2 rings (SSSR count). The molecular formula is C14H8ClF3O. The normalized spacial score (nSPS) is 10.6. The molecule has 0 spiro atoms. The predicted molar refractivity (Wildman–Crippen MR) is 65.9 cm³/mol. The average molecular weight is 285 g/mol. The Morgan fingerprint density at radius 1 is 0.947 bits per heavy atom. The number of rotatable bonds is 2. The number of ketones is 1. The van der Waals surface area contributed by atoms with Crippen molar-refractivity contribution in [3.63, 3.8) is 0 Å². The largest absolute Gasteiger partial charge is 0.288 e. The lowest BCUT2D eigenvalue weighted by atomic mass is 10.0. The maximum atomic E-state index is 13.6. The molecular weight excluding hydrogens is 277 g/mol. The van der Waals surface area contributed by atoms with Gasteiger partial charge in [0.25, 0.3) is 0 Å². The van der Waals surface area contributed by atoms with Crippen LogP contribution in [0.15, 0.2) is 30.3 Å². The molecule has 0 bridgehead atoms. The Balaban J connectivity index is 2.56. The molecule has 5 heteroatoms. The van der Waals surface area contributed by atoms with Crippen molar-refractivity contribution in [2.75, 3.05) is 0 Å². The van der Waals surface area contributed by atoms with Crippen LogP contribution in [-0.4, -0.2) is 5.78 Å². The highest BCUT2D eigenvalue weighted by molar-refractivity contribution is 6.31. The first kappa shape index (κ1) is 13.6. The monoisotopic (exact) mass is 284 g/mol. The first-order chi connectivity index (χ1) is 8.90. The second-order valence-electron chi connectivity index (χ2n) is 4.03. The fourth-order valence-electron chi connectivity index (χ4n) is 1.65. The summed E-state index contributed by atoms with van der Waals surface area (Å²) in [5, 5.41) is 0.156. The van der Waals surface area contributed by atoms with Crippen LogP contribution in [-0.2, 0) is 0 Å². The van der Waals surface area contributed by atoms with E-state index in [1.807, 2.05) is 0 Å². The Bertz CT molecular complexity index is 668. The number of carbonyl (C=O) groups is 1. The molecule has 0 aliphatic heterocycles. The molecule has 0 radical (unpaired) electrons. The summed E-state index contributed by atoms with van der Waals surface area (Å²) in [4.78, 5) is 12.0. The zero-order chi connectivity index (χ0) is 14.2. The third-order valence-electron chi connectivity index (χ3n) is 2.67. The van der Waals surface area contributed by atoms with Crippen LogP contribution < -0.4 is 0 Å². The molecule has 0 aliphatic carbocycles. The first-order valence-electron chi connectivity index (χ1n) is 5.35. The van der Waals surface area contributed by atoms with Crippen molar-refractivity contribution in [3.05, 3.63) is 69.5 Å². The van der Waals surface area contributed by atoms with E-state index in [4.69, 9.17) is 11.6 Å². The van der Waals surface area contributed by atoms with E-state index in [1.54, 1.807) is 0 Å². The van der Waals surface area contributed by atoms with Crippen molar-refractivity contribution >= 4 is 17.4 Å². The molecule has 2 aromatic carbocycles. The summed E-state index contributed by atoms with van der Waals surface area (Å²) in [7, 11) is 0. The summed E-state index contributed by atoms with van der Waals surface area (Å²) in [5.74, 6) is -3.48. The third kappa shape index (κ3) is 2.63. The fourth-order valence-corrected chi connectivity index (χ4v) is 1.82. The minimum Gasteiger partial charge on any atom is -0.288 e. The molecule has 1 nitrogen and oxygen atoms in total. The Morgan fingerprint density at radius 2 is 1.58 bits per heavy atom. The Hall–Kier alpha value is -1.81. The minimum atomic E-state index is -1.03. The van der Waals surface area contributed by atoms with E-state index >= 15 is 0 Å². The van der Waals surface area contributed by atoms with Crippen molar-refractivity contribution in [1.82, 2.24) is 0 Å². The van der Waals surface area contributed by atoms with E-state index < -0.39 is 23.2 Å². The van der Waals surface area contributed by atoms with Crippen LogP contribution in [0.4, 0.5) is 13.2 Å². The van der Waals surface area contributed by atoms with E-state index in [0.29, 0.717) is 6.07 Å². The molecule has 0 amide bonds. The van der Waals surface area contributed by atoms with Crippen LogP contribution in [0.3, 0.4) is 0 Å². The van der Waals surface area contributed by atoms with Gasteiger partial charge in [-0.25, -0.2) is 13.2 Å². The van der Waals surface area contributed by atoms with Gasteiger partial charge < -0.3 is 0 Å². The molecule has 19 heavy (non-hydrogen) atoms. The summed E-state index contributed by atoms with van der Waals surface area (Å²) < 4.78 is 40.2. The zero-order valence-electron chi connectivity index (χ0n) is 9.81. The summed E-state index contributed by atoms with van der Waals surface area (Å²) in [6, 6.07) is 5.06. The van der Waals surface area contributed by atoms with Crippen molar-refractivity contribution in [2.45, 2.75) is 6.92 Å². The Kier molecular flexibility index (Phi) is 3.62. The van der Waals surface area contributed by atoms with Crippen LogP contribution in [0, 0.1) is 24.4 Å². The van der Waals surface area contributed by atoms with E-state index in [-0.39, 0.29) is 21.7 Å². The smallest absolute Gasteiger partial charge is 0.198 e. The van der Waals surface area contributed by atoms with Gasteiger partial charge in [-0.15, -0.1) is 0 Å². The van der Waals surface area contributed by atoms with Crippen LogP contribution in [0.2, 0.25) is 5.02 Å². The van der Waals surface area contributed by atoms with Crippen molar-refractivity contribution in [1.29, 1.82) is 0 Å². The van der Waals surface area contributed by atoms with Gasteiger partial charge in [-0.2, -0.15) is 0 Å². The summed E-state index contributed by atoms with van der Waals surface area (Å²) >= 11 is 5.67. The maximum absolute atomic E-state index is 13.6. The van der Waals surface area contributed by atoms with Crippen molar-refractivity contribution in [3.8, 4) is 0 Å². The molecule has 0 heterocycles. The number of hydrogen-bond acceptors (Lipinski definition) is 1. The van der Waals surface area contributed by atoms with E-state index in [2.05, 4.69) is 0 Å². The average Bonchev–Trinajstić information content (AvgIpc) is 2.36. The lowest BCUT2D eigenvalue weighted by Crippen LogP contribution is -2.08. The van der Waals surface area contributed by atoms with Gasteiger partial charge in [0.2, 0.25) is 0 Å². The number of hydrogen-bond donors (Lipinski definition) is 0. The second-order valence-corrected chi connectivity index (χ2v) is 4.47. The number of halogens is 4. The van der Waals surface area contributed by atoms with Gasteiger partial charge in [-0.05, 0) is 36.8 Å². The number of aryl methyl sites for hydroxylation is 1. The summed E-state index contributed by atoms with van der Waals surface area (Å²) in [6.07, 6.45) is 0. The highest BCUT2D eigenvalue weighted by Gasteiger charge is 2.19. The van der Waals surface area contributed by atoms with Crippen LogP contribution >= 0.6 is 11.6 Å². The van der Waals surface area contributed by atoms with E-state index in [1.165, 1.54) is 13.0 Å². The molecule has 0 saturated heterocycles. The highest BCUT2D eigenvalue weighted by atomic mass is 35.5. The molecule has 98 valence electrons. The van der Waals surface area contributed by atoms with Gasteiger partial charge in [0, 0.05) is 11.1 Å². The number of benzene rings is 2. The molecule has 0 fully saturated rings. The SMILES string of the molecule is Cc1cc(C(=O)c2cc(Cl)ccc2F)c(F)cc1F. The van der Waals surface area contributed by atoms with Crippen molar-refractivity contribution < 1.29 is 18.0 Å². The molecule has 0 aliphatic rings. The van der Waals surface area contributed by atoms with E-state index in [9.17, 15) is 18.0 Å². The standard InChI is InChI=1S/C14H8ClF3O/c1-7-4-9(13(18)6-12(7)17)14(19)10-5-8(15)2-3-11(10)16/h2-6H,1H3. The van der Waals surface area contributed by atoms with Gasteiger partial charge in [0.1, 0.15) is 17.5 Å². The summed E-state index contributed by atoms with van der Waals surface area (Å²) in [5.41, 5.74) is -0.635. The lowest BCUT2D eigenvalue weighted by molar-refractivity contribution is 0.103. The van der Waals surface area contributed by atoms with Crippen LogP contribution in [0.1, 0.15) is 21.5 Å². The molecule has 0 saturated carbocycles. The molecule has 2 aromatic rings. The molecule has 0 unspecified atom stereocenters. The van der Waals surface area contributed by atoms with E-state index in [0.717, 1.165) is 18.2 Å². The van der Waals surface area contributed by atoms with Gasteiger partial charge in [0.15, 0.2) is 5.78 Å². The van der Waals surface area contributed by atoms with Crippen LogP contribution in [0.25, 0.3) is 0 Å². The fraction of sp³-hybridized carbons (Fsp3) is 0.0714. The van der Waals surface area contributed by atoms with Crippen molar-refractivity contribution in [2.24, 2.45) is 0 Å². The zero-order valence-corrected chi connectivity index (χ0v) is 10.6. The Morgan fingerprint density at radius 3 is 2.26 bits per heavy atom. The quantitative estimate of drug-likeness (QED) is 0.752. The maximum Gasteiger partial charge on any atom is 0.198 e. The lowest BCUT2D eigenvalue weighted by Gasteiger charge is -2.06. The van der Waals surface area contributed by atoms with Gasteiger partial charge in [0.05, 0.1) is 11.1 Å². The molecule has 0 N–H and O–H groups in total. The highest BCUT2D eigenvalue weighted by Crippen LogP contribution is 2.21. The van der Waals surface area contributed by atoms with Crippen LogP contribution in [0.5, 0.6) is 0 Å². The first-order valence-corrected chi connectivity index (χ1v) is 5.73. The Labute approximate surface area is 112 Å². The topological polar surface area (TPSA) is 17.1 Å². The van der Waals surface area contributed by atoms with Gasteiger partial charge in [-0.3, -0.25) is 4.79 Å². The van der Waals surface area contributed by atoms with Gasteiger partial charge >= 0.3 is 0 Å². The summed E-state index contributed by atoms with van der Waals surface area (Å²) in [6.45, 7) is 1.39. The predicted octanol–water partition coefficient (Wildman–Crippen LogP) is 4.30. The van der Waals surface area contributed by atoms with Gasteiger partial charge in [-0.1, -0.05) is 11.6 Å². The number of carbonyl (C=O) groups excluding carboxylic acids is 1. The molecule has 0 atom stereocenters.